The Labute approximate surface area is 184 Å². The number of nitrogens with two attached hydrogens (primary N) is 1. The molecule has 1 aromatic rings. The average molecular weight is 457 g/mol. The number of nitrogens with one attached hydrogen (secondary N) is 2. The summed E-state index contributed by atoms with van der Waals surface area (Å²) in [6.07, 6.45) is 3.21. The Morgan fingerprint density at radius 1 is 1.35 bits per heavy atom. The van der Waals surface area contributed by atoms with E-state index >= 15 is 0 Å². The minimum atomic E-state index is -0.894. The molecule has 1 amide bonds. The normalized spacial score (nSPS) is 14.3. The number of amides is 1. The highest BCUT2D eigenvalue weighted by Gasteiger charge is 2.26. The van der Waals surface area contributed by atoms with E-state index < -0.39 is 36.7 Å². The largest absolute Gasteiger partial charge is 0.474 e. The van der Waals surface area contributed by atoms with Crippen LogP contribution in [-0.2, 0) is 9.53 Å². The standard InChI is InChI=1S/C20H26F2N4O4S/c1-30-20(31)25-9-14(23)8-24-15-6-16(21)18(17(22)7-15)12-2-4-26(5-3-12)19(29)13(10-27)11-28/h2,6-8,13,24,27-28H,3-5,9-11,23H2,1H3,(H,25,31)/b14-8-. The molecule has 0 fully saturated rings. The van der Waals surface area contributed by atoms with E-state index in [9.17, 15) is 13.6 Å². The first-order chi connectivity index (χ1) is 14.8. The fourth-order valence-electron chi connectivity index (χ4n) is 3.01. The minimum Gasteiger partial charge on any atom is -0.474 e. The van der Waals surface area contributed by atoms with Crippen molar-refractivity contribution in [3.05, 3.63) is 47.3 Å². The van der Waals surface area contributed by atoms with Gasteiger partial charge in [0.05, 0.1) is 32.8 Å². The Morgan fingerprint density at radius 2 is 2.00 bits per heavy atom. The third-order valence-corrected chi connectivity index (χ3v) is 5.03. The van der Waals surface area contributed by atoms with Crippen LogP contribution >= 0.6 is 12.2 Å². The Bertz CT molecular complexity index is 852. The average Bonchev–Trinajstić information content (AvgIpc) is 2.76. The molecular formula is C20H26F2N4O4S. The number of benzene rings is 1. The third-order valence-electron chi connectivity index (χ3n) is 4.72. The van der Waals surface area contributed by atoms with Crippen molar-refractivity contribution in [1.29, 1.82) is 0 Å². The topological polar surface area (TPSA) is 120 Å². The van der Waals surface area contributed by atoms with Crippen LogP contribution in [0.1, 0.15) is 12.0 Å². The molecule has 0 spiro atoms. The fourth-order valence-corrected chi connectivity index (χ4v) is 3.08. The van der Waals surface area contributed by atoms with Gasteiger partial charge in [0.25, 0.3) is 5.17 Å². The summed E-state index contributed by atoms with van der Waals surface area (Å²) in [5.41, 5.74) is 6.60. The van der Waals surface area contributed by atoms with Crippen molar-refractivity contribution < 1.29 is 28.5 Å². The summed E-state index contributed by atoms with van der Waals surface area (Å²) in [6, 6.07) is 2.31. The molecule has 0 aromatic heterocycles. The summed E-state index contributed by atoms with van der Waals surface area (Å²) >= 11 is 4.82. The van der Waals surface area contributed by atoms with Crippen molar-refractivity contribution in [2.45, 2.75) is 6.42 Å². The highest BCUT2D eigenvalue weighted by Crippen LogP contribution is 2.30. The van der Waals surface area contributed by atoms with Crippen molar-refractivity contribution in [1.82, 2.24) is 10.2 Å². The number of halogens is 2. The quantitative estimate of drug-likeness (QED) is 0.366. The molecule has 0 saturated heterocycles. The molecular weight excluding hydrogens is 430 g/mol. The maximum Gasteiger partial charge on any atom is 0.256 e. The number of rotatable bonds is 8. The second-order valence-electron chi connectivity index (χ2n) is 6.85. The van der Waals surface area contributed by atoms with Crippen LogP contribution in [0.5, 0.6) is 0 Å². The van der Waals surface area contributed by atoms with Gasteiger partial charge < -0.3 is 36.2 Å². The van der Waals surface area contributed by atoms with E-state index in [1.165, 1.54) is 18.2 Å². The summed E-state index contributed by atoms with van der Waals surface area (Å²) < 4.78 is 34.1. The Morgan fingerprint density at radius 3 is 2.52 bits per heavy atom. The van der Waals surface area contributed by atoms with E-state index in [0.29, 0.717) is 11.3 Å². The predicted molar refractivity (Wildman–Crippen MR) is 117 cm³/mol. The van der Waals surface area contributed by atoms with Crippen LogP contribution in [0.25, 0.3) is 5.57 Å². The zero-order chi connectivity index (χ0) is 23.0. The summed E-state index contributed by atoms with van der Waals surface area (Å²) in [6.45, 7) is -0.366. The first kappa shape index (κ1) is 24.5. The number of methoxy groups -OCH3 is 1. The van der Waals surface area contributed by atoms with Crippen LogP contribution < -0.4 is 16.4 Å². The Kier molecular flexibility index (Phi) is 9.16. The third kappa shape index (κ3) is 6.61. The number of carbonyl (C=O) groups is 1. The van der Waals surface area contributed by atoms with Gasteiger partial charge in [0, 0.05) is 36.2 Å². The predicted octanol–water partition coefficient (Wildman–Crippen LogP) is 0.914. The Balaban J connectivity index is 2.07. The van der Waals surface area contributed by atoms with Gasteiger partial charge in [-0.3, -0.25) is 4.79 Å². The van der Waals surface area contributed by atoms with Crippen molar-refractivity contribution in [2.24, 2.45) is 11.7 Å². The monoisotopic (exact) mass is 456 g/mol. The smallest absolute Gasteiger partial charge is 0.256 e. The number of aliphatic hydroxyl groups is 2. The molecule has 1 aliphatic rings. The number of ether oxygens (including phenoxy) is 1. The number of hydrogen-bond acceptors (Lipinski definition) is 7. The lowest BCUT2D eigenvalue weighted by Gasteiger charge is -2.29. The fraction of sp³-hybridized carbons (Fsp3) is 0.400. The highest BCUT2D eigenvalue weighted by atomic mass is 32.1. The van der Waals surface area contributed by atoms with E-state index in [4.69, 9.17) is 32.9 Å². The summed E-state index contributed by atoms with van der Waals surface area (Å²) in [7, 11) is 1.42. The second-order valence-corrected chi connectivity index (χ2v) is 7.22. The summed E-state index contributed by atoms with van der Waals surface area (Å²) in [5.74, 6) is -2.79. The van der Waals surface area contributed by atoms with Crippen LogP contribution in [0.4, 0.5) is 14.5 Å². The van der Waals surface area contributed by atoms with E-state index in [1.54, 1.807) is 6.08 Å². The molecule has 11 heteroatoms. The first-order valence-electron chi connectivity index (χ1n) is 9.52. The SMILES string of the molecule is COC(=S)NC/C(N)=C/Nc1cc(F)c(C2=CCN(C(=O)C(CO)CO)CC2)c(F)c1. The van der Waals surface area contributed by atoms with Gasteiger partial charge in [-0.2, -0.15) is 0 Å². The van der Waals surface area contributed by atoms with Gasteiger partial charge in [-0.05, 0) is 36.3 Å². The van der Waals surface area contributed by atoms with Gasteiger partial charge in [-0.1, -0.05) is 6.08 Å². The molecule has 0 radical (unpaired) electrons. The molecule has 1 heterocycles. The molecule has 0 atom stereocenters. The molecule has 0 unspecified atom stereocenters. The molecule has 2 rings (SSSR count). The van der Waals surface area contributed by atoms with Gasteiger partial charge in [-0.15, -0.1) is 0 Å². The molecule has 0 bridgehead atoms. The van der Waals surface area contributed by atoms with Gasteiger partial charge >= 0.3 is 0 Å². The Hall–Kier alpha value is -2.76. The highest BCUT2D eigenvalue weighted by molar-refractivity contribution is 7.80. The number of hydrogen-bond donors (Lipinski definition) is 5. The van der Waals surface area contributed by atoms with Crippen LogP contribution in [0, 0.1) is 17.6 Å². The zero-order valence-corrected chi connectivity index (χ0v) is 17.8. The maximum atomic E-state index is 14.6. The van der Waals surface area contributed by atoms with E-state index in [2.05, 4.69) is 10.6 Å². The molecule has 0 saturated carbocycles. The second kappa shape index (κ2) is 11.6. The zero-order valence-electron chi connectivity index (χ0n) is 17.0. The lowest BCUT2D eigenvalue weighted by atomic mass is 9.97. The van der Waals surface area contributed by atoms with Gasteiger partial charge in [-0.25, -0.2) is 8.78 Å². The van der Waals surface area contributed by atoms with Crippen molar-refractivity contribution >= 4 is 34.6 Å². The van der Waals surface area contributed by atoms with Crippen LogP contribution in [0.15, 0.2) is 30.1 Å². The lowest BCUT2D eigenvalue weighted by molar-refractivity contribution is -0.137. The van der Waals surface area contributed by atoms with Crippen molar-refractivity contribution in [3.8, 4) is 0 Å². The van der Waals surface area contributed by atoms with Crippen molar-refractivity contribution in [2.75, 3.05) is 45.3 Å². The maximum absolute atomic E-state index is 14.6. The van der Waals surface area contributed by atoms with E-state index in [1.807, 2.05) is 0 Å². The summed E-state index contributed by atoms with van der Waals surface area (Å²) in [5, 5.41) is 23.9. The molecule has 1 aliphatic heterocycles. The lowest BCUT2D eigenvalue weighted by Crippen LogP contribution is -2.41. The van der Waals surface area contributed by atoms with Crippen LogP contribution in [0.2, 0.25) is 0 Å². The molecule has 0 aliphatic carbocycles. The molecule has 1 aromatic carbocycles. The van der Waals surface area contributed by atoms with Gasteiger partial charge in [0.2, 0.25) is 5.91 Å². The molecule has 6 N–H and O–H groups in total. The molecule has 170 valence electrons. The first-order valence-corrected chi connectivity index (χ1v) is 9.93. The molecule has 8 nitrogen and oxygen atoms in total. The number of aliphatic hydroxyl groups excluding tert-OH is 2. The van der Waals surface area contributed by atoms with Crippen LogP contribution in [0.3, 0.4) is 0 Å². The van der Waals surface area contributed by atoms with E-state index in [-0.39, 0.29) is 42.5 Å². The van der Waals surface area contributed by atoms with E-state index in [0.717, 1.165) is 12.1 Å². The van der Waals surface area contributed by atoms with Gasteiger partial charge in [0.1, 0.15) is 11.6 Å². The number of carbonyl (C=O) groups excluding carboxylic acids is 1. The van der Waals surface area contributed by atoms with Gasteiger partial charge in [0.15, 0.2) is 0 Å². The summed E-state index contributed by atoms with van der Waals surface area (Å²) in [4.78, 5) is 13.6. The minimum absolute atomic E-state index is 0.138. The number of nitrogens with zero attached hydrogens (tertiary/aromatic N) is 1. The molecule has 31 heavy (non-hydrogen) atoms. The van der Waals surface area contributed by atoms with Crippen LogP contribution in [-0.4, -0.2) is 66.2 Å². The van der Waals surface area contributed by atoms with Crippen molar-refractivity contribution in [3.63, 3.8) is 0 Å². The number of anilines is 1. The number of thiocarbonyl (C=S) groups is 1.